The summed E-state index contributed by atoms with van der Waals surface area (Å²) in [7, 11) is 1.79. The zero-order valence-corrected chi connectivity index (χ0v) is 35.5. The molecule has 11 rings (SSSR count). The number of aryl methyl sites for hydroxylation is 1. The number of fused-ring (bicyclic) bond motifs is 5. The molecule has 4 aromatic carbocycles. The summed E-state index contributed by atoms with van der Waals surface area (Å²) in [6.07, 6.45) is 6.26. The van der Waals surface area contributed by atoms with Gasteiger partial charge in [0.15, 0.2) is 5.78 Å². The summed E-state index contributed by atoms with van der Waals surface area (Å²) in [6.45, 7) is 7.04. The Morgan fingerprint density at radius 3 is 2.48 bits per heavy atom. The van der Waals surface area contributed by atoms with Gasteiger partial charge in [0, 0.05) is 86.3 Å². The van der Waals surface area contributed by atoms with E-state index in [1.165, 1.54) is 27.9 Å². The van der Waals surface area contributed by atoms with E-state index < -0.39 is 11.8 Å². The minimum absolute atomic E-state index is 0.00769. The molecular weight excluding hydrogens is 781 g/mol. The van der Waals surface area contributed by atoms with Crippen LogP contribution in [0.2, 0.25) is 0 Å². The fourth-order valence-electron chi connectivity index (χ4n) is 12.4. The van der Waals surface area contributed by atoms with Crippen LogP contribution in [0.1, 0.15) is 88.5 Å². The van der Waals surface area contributed by atoms with Gasteiger partial charge in [0.05, 0.1) is 31.0 Å². The number of piperazine rings is 1. The third kappa shape index (κ3) is 7.01. The highest BCUT2D eigenvalue weighted by Crippen LogP contribution is 2.50. The number of piperidine rings is 2. The summed E-state index contributed by atoms with van der Waals surface area (Å²) in [4.78, 5) is 45.5. The lowest BCUT2D eigenvalue weighted by Crippen LogP contribution is -2.58. The average molecular weight is 837 g/mol. The standard InChI is InChI=1S/C51H56N4O7/c1-60-45-24-35(8-11-41(45)48-38(32-5-3-2-4-6-32)10-7-33-21-37(56)9-12-39(33)48)54-17-15-51(16-18-54)26-31(29-62-51)27-53-19-20-55-36(28-53)30-61-46-25-42-34(23-44(46)55)22-43(49(42)58)40-13-14-47(57)52-50(40)59/h2-6,8-9,11-12,21,23-25,31,36,38,40,43,48,56H,7,10,13-20,22,26-30H2,1H3,(H,52,57,59)/t31-,36-,38+,40+,43?,48-/m0/s1. The first kappa shape index (κ1) is 39.5. The molecule has 11 heteroatoms. The number of rotatable bonds is 7. The minimum atomic E-state index is -0.465. The van der Waals surface area contributed by atoms with Crippen LogP contribution in [-0.4, -0.2) is 98.8 Å². The minimum Gasteiger partial charge on any atom is -0.508 e. The molecule has 5 aliphatic heterocycles. The van der Waals surface area contributed by atoms with Crippen LogP contribution in [-0.2, 0) is 27.2 Å². The van der Waals surface area contributed by atoms with Gasteiger partial charge in [-0.2, -0.15) is 0 Å². The summed E-state index contributed by atoms with van der Waals surface area (Å²) in [5, 5.41) is 12.8. The van der Waals surface area contributed by atoms with Crippen LogP contribution in [0.25, 0.3) is 0 Å². The third-order valence-corrected chi connectivity index (χ3v) is 15.5. The lowest BCUT2D eigenvalue weighted by atomic mass is 9.69. The fourth-order valence-corrected chi connectivity index (χ4v) is 12.4. The first-order valence-electron chi connectivity index (χ1n) is 22.8. The van der Waals surface area contributed by atoms with Crippen molar-refractivity contribution in [3.05, 3.63) is 112 Å². The normalized spacial score (nSPS) is 27.9. The maximum absolute atomic E-state index is 13.5. The number of phenols is 1. The number of hydrogen-bond donors (Lipinski definition) is 2. The molecule has 0 radical (unpaired) electrons. The van der Waals surface area contributed by atoms with Crippen molar-refractivity contribution in [1.82, 2.24) is 10.2 Å². The number of ketones is 1. The van der Waals surface area contributed by atoms with Gasteiger partial charge in [-0.05, 0) is 109 Å². The van der Waals surface area contributed by atoms with Crippen LogP contribution in [0.4, 0.5) is 11.4 Å². The van der Waals surface area contributed by atoms with E-state index in [9.17, 15) is 19.5 Å². The fraction of sp³-hybridized carbons (Fsp3) is 0.471. The second-order valence-electron chi connectivity index (χ2n) is 19.0. The molecule has 6 atom stereocenters. The van der Waals surface area contributed by atoms with Gasteiger partial charge in [0.1, 0.15) is 23.9 Å². The Morgan fingerprint density at radius 1 is 0.839 bits per heavy atom. The van der Waals surface area contributed by atoms with Crippen molar-refractivity contribution >= 4 is 29.0 Å². The monoisotopic (exact) mass is 836 g/mol. The molecular formula is C51H56N4O7. The Bertz CT molecular complexity index is 2410. The number of carbonyl (C=O) groups excluding carboxylic acids is 3. The van der Waals surface area contributed by atoms with Gasteiger partial charge in [0.2, 0.25) is 11.8 Å². The predicted octanol–water partition coefficient (Wildman–Crippen LogP) is 6.63. The van der Waals surface area contributed by atoms with Crippen molar-refractivity contribution in [3.63, 3.8) is 0 Å². The molecule has 322 valence electrons. The molecule has 2 N–H and O–H groups in total. The van der Waals surface area contributed by atoms with E-state index in [4.69, 9.17) is 14.2 Å². The highest BCUT2D eigenvalue weighted by molar-refractivity contribution is 6.07. The number of benzene rings is 4. The van der Waals surface area contributed by atoms with E-state index in [0.717, 1.165) is 101 Å². The van der Waals surface area contributed by atoms with Gasteiger partial charge >= 0.3 is 0 Å². The Morgan fingerprint density at radius 2 is 1.66 bits per heavy atom. The zero-order valence-electron chi connectivity index (χ0n) is 35.5. The van der Waals surface area contributed by atoms with Crippen molar-refractivity contribution in [2.24, 2.45) is 17.8 Å². The number of carbonyl (C=O) groups is 3. The van der Waals surface area contributed by atoms with Gasteiger partial charge in [-0.15, -0.1) is 0 Å². The zero-order chi connectivity index (χ0) is 42.1. The summed E-state index contributed by atoms with van der Waals surface area (Å²) >= 11 is 0. The number of nitrogens with zero attached hydrogens (tertiary/aromatic N) is 3. The van der Waals surface area contributed by atoms with Crippen LogP contribution >= 0.6 is 0 Å². The van der Waals surface area contributed by atoms with E-state index in [0.29, 0.717) is 42.6 Å². The maximum Gasteiger partial charge on any atom is 0.230 e. The van der Waals surface area contributed by atoms with Gasteiger partial charge in [-0.1, -0.05) is 42.5 Å². The summed E-state index contributed by atoms with van der Waals surface area (Å²) < 4.78 is 19.3. The lowest BCUT2D eigenvalue weighted by Gasteiger charge is -2.46. The Balaban J connectivity index is 0.716. The Labute approximate surface area is 363 Å². The summed E-state index contributed by atoms with van der Waals surface area (Å²) in [5.41, 5.74) is 8.81. The number of amides is 2. The molecule has 0 bridgehead atoms. The predicted molar refractivity (Wildman–Crippen MR) is 236 cm³/mol. The average Bonchev–Trinajstić information content (AvgIpc) is 3.83. The summed E-state index contributed by atoms with van der Waals surface area (Å²) in [6, 6.07) is 27.8. The smallest absolute Gasteiger partial charge is 0.230 e. The molecule has 1 unspecified atom stereocenters. The van der Waals surface area contributed by atoms with E-state index in [1.807, 2.05) is 18.2 Å². The highest BCUT2D eigenvalue weighted by atomic mass is 16.5. The largest absolute Gasteiger partial charge is 0.508 e. The lowest BCUT2D eigenvalue weighted by molar-refractivity contribution is -0.137. The van der Waals surface area contributed by atoms with Crippen molar-refractivity contribution in [2.45, 2.75) is 74.8 Å². The molecule has 5 heterocycles. The molecule has 1 spiro atoms. The molecule has 2 amide bonds. The van der Waals surface area contributed by atoms with E-state index in [1.54, 1.807) is 7.11 Å². The third-order valence-electron chi connectivity index (χ3n) is 15.5. The molecule has 4 saturated heterocycles. The number of ether oxygens (including phenoxy) is 3. The number of hydrogen-bond acceptors (Lipinski definition) is 10. The number of nitrogens with one attached hydrogen (secondary N) is 1. The number of imide groups is 1. The van der Waals surface area contributed by atoms with Crippen LogP contribution in [0.5, 0.6) is 17.2 Å². The second kappa shape index (κ2) is 15.8. The van der Waals surface area contributed by atoms with Crippen LogP contribution in [0.15, 0.2) is 78.9 Å². The number of Topliss-reactive ketones (excluding diaryl/α,β-unsaturated/α-hetero) is 1. The SMILES string of the molecule is COc1cc(N2CCC3(CC2)C[C@@H](CN2CCN4c5cc6c(cc5OC[C@@H]4C2)C(=O)C([C@H]2CCC(=O)NC2=O)C6)CO3)ccc1[C@@H]1c2ccc(O)cc2CC[C@@H]1c1ccccc1. The topological polar surface area (TPSA) is 121 Å². The molecule has 62 heavy (non-hydrogen) atoms. The maximum atomic E-state index is 13.5. The second-order valence-corrected chi connectivity index (χ2v) is 19.0. The summed E-state index contributed by atoms with van der Waals surface area (Å²) in [5.74, 6) is 1.43. The number of methoxy groups -OCH3 is 1. The molecule has 11 nitrogen and oxygen atoms in total. The van der Waals surface area contributed by atoms with Gasteiger partial charge in [-0.25, -0.2) is 0 Å². The van der Waals surface area contributed by atoms with E-state index in [2.05, 4.69) is 80.7 Å². The van der Waals surface area contributed by atoms with Gasteiger partial charge in [0.25, 0.3) is 0 Å². The van der Waals surface area contributed by atoms with E-state index in [-0.39, 0.29) is 41.6 Å². The van der Waals surface area contributed by atoms with Gasteiger partial charge in [-0.3, -0.25) is 24.6 Å². The van der Waals surface area contributed by atoms with Crippen molar-refractivity contribution in [3.8, 4) is 17.2 Å². The Kier molecular flexibility index (Phi) is 10.0. The quantitative estimate of drug-likeness (QED) is 0.197. The molecule has 2 aliphatic carbocycles. The number of aromatic hydroxyl groups is 1. The van der Waals surface area contributed by atoms with Gasteiger partial charge < -0.3 is 29.1 Å². The van der Waals surface area contributed by atoms with Crippen LogP contribution in [0.3, 0.4) is 0 Å². The van der Waals surface area contributed by atoms with Crippen molar-refractivity contribution in [2.75, 3.05) is 69.4 Å². The number of phenolic OH excluding ortho intramolecular Hbond substituents is 1. The van der Waals surface area contributed by atoms with Crippen molar-refractivity contribution in [1.29, 1.82) is 0 Å². The molecule has 7 aliphatic rings. The van der Waals surface area contributed by atoms with Crippen molar-refractivity contribution < 1.29 is 33.7 Å². The first-order chi connectivity index (χ1) is 30.2. The van der Waals surface area contributed by atoms with Crippen LogP contribution in [0, 0.1) is 17.8 Å². The Hall–Kier alpha value is -5.39. The highest BCUT2D eigenvalue weighted by Gasteiger charge is 2.46. The first-order valence-corrected chi connectivity index (χ1v) is 22.8. The molecule has 4 fully saturated rings. The number of anilines is 2. The molecule has 0 saturated carbocycles. The molecule has 4 aromatic rings. The molecule has 0 aromatic heterocycles. The van der Waals surface area contributed by atoms with E-state index >= 15 is 0 Å². The van der Waals surface area contributed by atoms with Crippen LogP contribution < -0.4 is 24.6 Å².